The average molecular weight is 450 g/mol. The third-order valence-corrected chi connectivity index (χ3v) is 5.89. The summed E-state index contributed by atoms with van der Waals surface area (Å²) in [6.45, 7) is 8.22. The number of halogens is 1. The Balaban J connectivity index is 0.00000192. The lowest BCUT2D eigenvalue weighted by Gasteiger charge is -2.60. The molecule has 2 fully saturated rings. The summed E-state index contributed by atoms with van der Waals surface area (Å²) in [5, 5.41) is 10.1. The zero-order valence-corrected chi connectivity index (χ0v) is 17.4. The van der Waals surface area contributed by atoms with E-state index in [1.807, 2.05) is 14.0 Å². The highest BCUT2D eigenvalue weighted by Gasteiger charge is 2.58. The molecule has 2 heterocycles. The first-order valence-electron chi connectivity index (χ1n) is 8.02. The highest BCUT2D eigenvalue weighted by molar-refractivity contribution is 14.0. The van der Waals surface area contributed by atoms with Gasteiger partial charge in [0.1, 0.15) is 5.01 Å². The van der Waals surface area contributed by atoms with Gasteiger partial charge in [-0.15, -0.1) is 35.3 Å². The molecule has 2 aliphatic rings. The fourth-order valence-corrected chi connectivity index (χ4v) is 4.51. The summed E-state index contributed by atoms with van der Waals surface area (Å²) in [6, 6.07) is 0.419. The summed E-state index contributed by atoms with van der Waals surface area (Å²) in [7, 11) is 1.82. The fourth-order valence-electron chi connectivity index (χ4n) is 3.80. The number of ether oxygens (including phenoxy) is 1. The molecule has 3 rings (SSSR count). The molecule has 0 bridgehead atoms. The summed E-state index contributed by atoms with van der Waals surface area (Å²) in [6.07, 6.45) is 2.80. The van der Waals surface area contributed by atoms with E-state index in [4.69, 9.17) is 4.74 Å². The number of thiazole rings is 1. The molecule has 1 aliphatic carbocycles. The van der Waals surface area contributed by atoms with Crippen molar-refractivity contribution < 1.29 is 4.74 Å². The van der Waals surface area contributed by atoms with Crippen LogP contribution in [0, 0.1) is 18.3 Å². The maximum atomic E-state index is 5.96. The number of nitrogens with one attached hydrogen (secondary N) is 2. The van der Waals surface area contributed by atoms with Crippen LogP contribution in [-0.2, 0) is 11.3 Å². The molecule has 0 aromatic carbocycles. The number of guanidine groups is 1. The maximum absolute atomic E-state index is 5.96. The van der Waals surface area contributed by atoms with Gasteiger partial charge >= 0.3 is 0 Å². The molecule has 1 aromatic rings. The SMILES string of the molecule is CN=C(NCc1nc(C)cs1)NC1C2CCCOC2C1(C)C.I. The van der Waals surface area contributed by atoms with E-state index >= 15 is 0 Å². The summed E-state index contributed by atoms with van der Waals surface area (Å²) < 4.78 is 5.96. The standard InChI is InChI=1S/C16H26N4OS.HI/c1-10-9-22-12(19-10)8-18-15(17-4)20-13-11-6-5-7-21-14(11)16(13,2)3;/h9,11,13-14H,5-8H2,1-4H3,(H2,17,18,20);1H. The fraction of sp³-hybridized carbons (Fsp3) is 0.750. The maximum Gasteiger partial charge on any atom is 0.191 e. The van der Waals surface area contributed by atoms with Gasteiger partial charge in [0.05, 0.1) is 12.6 Å². The molecule has 1 aliphatic heterocycles. The van der Waals surface area contributed by atoms with Gasteiger partial charge in [0.2, 0.25) is 0 Å². The molecule has 0 amide bonds. The summed E-state index contributed by atoms with van der Waals surface area (Å²) in [5.41, 5.74) is 1.23. The van der Waals surface area contributed by atoms with Crippen molar-refractivity contribution in [1.82, 2.24) is 15.6 Å². The van der Waals surface area contributed by atoms with Crippen LogP contribution in [0.15, 0.2) is 10.4 Å². The van der Waals surface area contributed by atoms with Crippen LogP contribution in [0.5, 0.6) is 0 Å². The minimum atomic E-state index is 0. The normalized spacial score (nSPS) is 29.0. The van der Waals surface area contributed by atoms with Crippen LogP contribution in [0.25, 0.3) is 0 Å². The molecule has 1 saturated heterocycles. The number of aromatic nitrogens is 1. The van der Waals surface area contributed by atoms with Gasteiger partial charge < -0.3 is 15.4 Å². The molecule has 0 spiro atoms. The Morgan fingerprint density at radius 2 is 2.30 bits per heavy atom. The molecule has 23 heavy (non-hydrogen) atoms. The summed E-state index contributed by atoms with van der Waals surface area (Å²) >= 11 is 1.68. The molecular formula is C16H27IN4OS. The van der Waals surface area contributed by atoms with Crippen LogP contribution in [0.3, 0.4) is 0 Å². The minimum absolute atomic E-state index is 0. The van der Waals surface area contributed by atoms with Crippen molar-refractivity contribution in [2.24, 2.45) is 16.3 Å². The lowest BCUT2D eigenvalue weighted by Crippen LogP contribution is -2.70. The number of hydrogen-bond acceptors (Lipinski definition) is 4. The van der Waals surface area contributed by atoms with Crippen LogP contribution >= 0.6 is 35.3 Å². The number of nitrogens with zero attached hydrogens (tertiary/aromatic N) is 2. The lowest BCUT2D eigenvalue weighted by molar-refractivity contribution is -0.188. The van der Waals surface area contributed by atoms with Gasteiger partial charge in [0, 0.05) is 42.1 Å². The van der Waals surface area contributed by atoms with E-state index in [0.29, 0.717) is 18.1 Å². The second-order valence-electron chi connectivity index (χ2n) is 6.85. The quantitative estimate of drug-likeness (QED) is 0.423. The largest absolute Gasteiger partial charge is 0.377 e. The summed E-state index contributed by atoms with van der Waals surface area (Å²) in [5.74, 6) is 1.46. The minimum Gasteiger partial charge on any atom is -0.377 e. The van der Waals surface area contributed by atoms with Crippen molar-refractivity contribution in [2.75, 3.05) is 13.7 Å². The molecule has 3 unspecified atom stereocenters. The molecule has 2 N–H and O–H groups in total. The Labute approximate surface area is 159 Å². The first-order valence-corrected chi connectivity index (χ1v) is 8.90. The van der Waals surface area contributed by atoms with Crippen LogP contribution in [0.1, 0.15) is 37.4 Å². The first kappa shape index (κ1) is 18.9. The molecule has 7 heteroatoms. The molecule has 1 aromatic heterocycles. The van der Waals surface area contributed by atoms with Crippen molar-refractivity contribution in [1.29, 1.82) is 0 Å². The topological polar surface area (TPSA) is 58.5 Å². The third kappa shape index (κ3) is 3.82. The first-order chi connectivity index (χ1) is 10.5. The second-order valence-corrected chi connectivity index (χ2v) is 7.79. The number of aliphatic imine (C=N–C) groups is 1. The van der Waals surface area contributed by atoms with E-state index in [-0.39, 0.29) is 29.4 Å². The Hall–Kier alpha value is -0.410. The van der Waals surface area contributed by atoms with E-state index in [1.54, 1.807) is 11.3 Å². The van der Waals surface area contributed by atoms with Gasteiger partial charge in [-0.3, -0.25) is 4.99 Å². The van der Waals surface area contributed by atoms with Crippen LogP contribution in [0.4, 0.5) is 0 Å². The van der Waals surface area contributed by atoms with E-state index in [2.05, 4.69) is 39.8 Å². The number of rotatable bonds is 3. The van der Waals surface area contributed by atoms with Crippen molar-refractivity contribution in [3.63, 3.8) is 0 Å². The lowest BCUT2D eigenvalue weighted by atomic mass is 9.55. The molecule has 5 nitrogen and oxygen atoms in total. The zero-order valence-electron chi connectivity index (χ0n) is 14.3. The van der Waals surface area contributed by atoms with E-state index in [0.717, 1.165) is 29.8 Å². The Bertz CT molecular complexity index is 560. The zero-order chi connectivity index (χ0) is 15.7. The monoisotopic (exact) mass is 450 g/mol. The average Bonchev–Trinajstić information content (AvgIpc) is 2.93. The number of aryl methyl sites for hydroxylation is 1. The predicted molar refractivity (Wildman–Crippen MR) is 106 cm³/mol. The van der Waals surface area contributed by atoms with Gasteiger partial charge in [0.15, 0.2) is 5.96 Å². The highest BCUT2D eigenvalue weighted by Crippen LogP contribution is 2.51. The van der Waals surface area contributed by atoms with Crippen molar-refractivity contribution >= 4 is 41.3 Å². The number of fused-ring (bicyclic) bond motifs is 1. The van der Waals surface area contributed by atoms with Gasteiger partial charge in [-0.05, 0) is 19.8 Å². The van der Waals surface area contributed by atoms with Gasteiger partial charge in [-0.1, -0.05) is 13.8 Å². The second kappa shape index (κ2) is 7.65. The van der Waals surface area contributed by atoms with Crippen LogP contribution < -0.4 is 10.6 Å². The van der Waals surface area contributed by atoms with Crippen molar-refractivity contribution in [2.45, 2.75) is 52.3 Å². The van der Waals surface area contributed by atoms with Gasteiger partial charge in [-0.25, -0.2) is 4.98 Å². The third-order valence-electron chi connectivity index (χ3n) is 4.92. The van der Waals surface area contributed by atoms with Crippen molar-refractivity contribution in [3.05, 3.63) is 16.1 Å². The van der Waals surface area contributed by atoms with E-state index < -0.39 is 0 Å². The Morgan fingerprint density at radius 3 is 2.96 bits per heavy atom. The highest BCUT2D eigenvalue weighted by atomic mass is 127. The van der Waals surface area contributed by atoms with Crippen molar-refractivity contribution in [3.8, 4) is 0 Å². The predicted octanol–water partition coefficient (Wildman–Crippen LogP) is 2.94. The molecule has 3 atom stereocenters. The van der Waals surface area contributed by atoms with Crippen LogP contribution in [0.2, 0.25) is 0 Å². The smallest absolute Gasteiger partial charge is 0.191 e. The Morgan fingerprint density at radius 1 is 1.52 bits per heavy atom. The summed E-state index contributed by atoms with van der Waals surface area (Å²) in [4.78, 5) is 8.84. The van der Waals surface area contributed by atoms with Crippen LogP contribution in [-0.4, -0.2) is 36.7 Å². The molecule has 0 radical (unpaired) electrons. The van der Waals surface area contributed by atoms with E-state index in [9.17, 15) is 0 Å². The molecule has 1 saturated carbocycles. The Kier molecular flexibility index (Phi) is 6.29. The molecular weight excluding hydrogens is 423 g/mol. The van der Waals surface area contributed by atoms with Gasteiger partial charge in [-0.2, -0.15) is 0 Å². The van der Waals surface area contributed by atoms with E-state index in [1.165, 1.54) is 12.8 Å². The van der Waals surface area contributed by atoms with Gasteiger partial charge in [0.25, 0.3) is 0 Å². The molecule has 130 valence electrons. The number of hydrogen-bond donors (Lipinski definition) is 2.